The fraction of sp³-hybridized carbons (Fsp3) is 0.300. The lowest BCUT2D eigenvalue weighted by molar-refractivity contribution is -0.858. The summed E-state index contributed by atoms with van der Waals surface area (Å²) in [6.07, 6.45) is 0. The topological polar surface area (TPSA) is 85.5 Å². The Kier molecular flexibility index (Phi) is 5.71. The Morgan fingerprint density at radius 3 is 2.50 bits per heavy atom. The molecule has 0 saturated carbocycles. The molecular weight excluding hydrogens is 399 g/mol. The number of hydrogen-bond acceptors (Lipinski definition) is 4. The zero-order valence-electron chi connectivity index (χ0n) is 15.8. The number of nitrogens with one attached hydrogen (secondary N) is 1. The molecule has 3 rings (SSSR count). The predicted octanol–water partition coefficient (Wildman–Crippen LogP) is 1.83. The van der Waals surface area contributed by atoms with E-state index >= 15 is 0 Å². The molecule has 1 aliphatic rings. The standard InChI is InChI=1S/C20H20Cl2N4O2/c1-11-9-15-18(20(27)26(11)8-7-25(2)3)16(12(10-23)19(24)28-15)17-13(21)5-4-6-14(17)22/h4-6,9,16H,7-8,24H2,1-3H3/p+1/t16-/m1/s1. The minimum atomic E-state index is -0.791. The van der Waals surface area contributed by atoms with Crippen molar-refractivity contribution in [2.75, 3.05) is 20.6 Å². The van der Waals surface area contributed by atoms with Gasteiger partial charge in [-0.1, -0.05) is 29.3 Å². The van der Waals surface area contributed by atoms with Crippen molar-refractivity contribution in [2.24, 2.45) is 5.73 Å². The van der Waals surface area contributed by atoms with Crippen molar-refractivity contribution < 1.29 is 9.64 Å². The molecule has 3 N–H and O–H groups in total. The molecule has 146 valence electrons. The minimum Gasteiger partial charge on any atom is -0.440 e. The van der Waals surface area contributed by atoms with Gasteiger partial charge in [-0.15, -0.1) is 0 Å². The molecule has 1 aromatic heterocycles. The van der Waals surface area contributed by atoms with Gasteiger partial charge in [0.05, 0.1) is 38.7 Å². The van der Waals surface area contributed by atoms with Crippen molar-refractivity contribution in [1.29, 1.82) is 5.26 Å². The number of fused-ring (bicyclic) bond motifs is 1. The number of allylic oxidation sites excluding steroid dienone is 1. The lowest BCUT2D eigenvalue weighted by Gasteiger charge is -2.28. The van der Waals surface area contributed by atoms with Gasteiger partial charge in [0.25, 0.3) is 5.56 Å². The van der Waals surface area contributed by atoms with Crippen molar-refractivity contribution in [1.82, 2.24) is 4.57 Å². The number of nitriles is 1. The summed E-state index contributed by atoms with van der Waals surface area (Å²) in [4.78, 5) is 14.7. The number of rotatable bonds is 4. The Morgan fingerprint density at radius 2 is 1.93 bits per heavy atom. The summed E-state index contributed by atoms with van der Waals surface area (Å²) in [7, 11) is 4.04. The third-order valence-electron chi connectivity index (χ3n) is 4.81. The second kappa shape index (κ2) is 7.88. The molecule has 0 amide bonds. The van der Waals surface area contributed by atoms with E-state index in [1.54, 1.807) is 28.8 Å². The fourth-order valence-electron chi connectivity index (χ4n) is 3.37. The van der Waals surface area contributed by atoms with Gasteiger partial charge < -0.3 is 19.9 Å². The van der Waals surface area contributed by atoms with E-state index in [1.165, 1.54) is 4.90 Å². The number of nitrogens with zero attached hydrogens (tertiary/aromatic N) is 2. The molecule has 0 bridgehead atoms. The van der Waals surface area contributed by atoms with Crippen LogP contribution in [0.1, 0.15) is 22.7 Å². The molecule has 0 fully saturated rings. The number of aryl methyl sites for hydroxylation is 1. The van der Waals surface area contributed by atoms with Crippen LogP contribution in [0.15, 0.2) is 40.5 Å². The quantitative estimate of drug-likeness (QED) is 0.791. The summed E-state index contributed by atoms with van der Waals surface area (Å²) in [5, 5.41) is 10.4. The lowest BCUT2D eigenvalue weighted by Crippen LogP contribution is -3.06. The van der Waals surface area contributed by atoms with Gasteiger partial charge in [-0.2, -0.15) is 5.26 Å². The Balaban J connectivity index is 2.31. The molecule has 1 aliphatic heterocycles. The molecule has 2 heterocycles. The number of nitrogens with two attached hydrogens (primary N) is 1. The van der Waals surface area contributed by atoms with Gasteiger partial charge in [-0.05, 0) is 19.1 Å². The third-order valence-corrected chi connectivity index (χ3v) is 5.47. The van der Waals surface area contributed by atoms with E-state index in [0.29, 0.717) is 33.5 Å². The monoisotopic (exact) mass is 419 g/mol. The maximum absolute atomic E-state index is 13.4. The number of quaternary nitrogens is 1. The molecule has 0 spiro atoms. The van der Waals surface area contributed by atoms with E-state index in [1.807, 2.05) is 21.0 Å². The molecule has 1 aromatic carbocycles. The third kappa shape index (κ3) is 3.49. The van der Waals surface area contributed by atoms with E-state index in [9.17, 15) is 10.1 Å². The van der Waals surface area contributed by atoms with Crippen molar-refractivity contribution in [3.05, 3.63) is 72.9 Å². The highest BCUT2D eigenvalue weighted by Gasteiger charge is 2.36. The molecule has 2 aromatic rings. The summed E-state index contributed by atoms with van der Waals surface area (Å²) in [5.41, 5.74) is 7.43. The maximum atomic E-state index is 13.4. The molecule has 1 atom stereocenters. The van der Waals surface area contributed by atoms with Crippen LogP contribution < -0.4 is 20.9 Å². The van der Waals surface area contributed by atoms with Gasteiger partial charge in [0.1, 0.15) is 17.4 Å². The minimum absolute atomic E-state index is 0.0507. The van der Waals surface area contributed by atoms with Gasteiger partial charge >= 0.3 is 0 Å². The van der Waals surface area contributed by atoms with Crippen molar-refractivity contribution in [3.63, 3.8) is 0 Å². The molecule has 0 aliphatic carbocycles. The molecule has 28 heavy (non-hydrogen) atoms. The second-order valence-corrected chi connectivity index (χ2v) is 7.85. The summed E-state index contributed by atoms with van der Waals surface area (Å²) in [5.74, 6) is -0.514. The fourth-order valence-corrected chi connectivity index (χ4v) is 3.99. The Hall–Kier alpha value is -2.46. The van der Waals surface area contributed by atoms with Crippen LogP contribution in [0.4, 0.5) is 0 Å². The predicted molar refractivity (Wildman–Crippen MR) is 109 cm³/mol. The summed E-state index contributed by atoms with van der Waals surface area (Å²) in [6, 6.07) is 8.89. The van der Waals surface area contributed by atoms with E-state index in [2.05, 4.69) is 6.07 Å². The second-order valence-electron chi connectivity index (χ2n) is 7.04. The largest absolute Gasteiger partial charge is 0.440 e. The molecule has 0 unspecified atom stereocenters. The molecule has 0 radical (unpaired) electrons. The Morgan fingerprint density at radius 1 is 1.29 bits per heavy atom. The highest BCUT2D eigenvalue weighted by molar-refractivity contribution is 6.36. The molecule has 0 saturated heterocycles. The summed E-state index contributed by atoms with van der Waals surface area (Å²) in [6.45, 7) is 3.14. The van der Waals surface area contributed by atoms with Crippen LogP contribution in [0, 0.1) is 18.3 Å². The van der Waals surface area contributed by atoms with E-state index in [4.69, 9.17) is 33.7 Å². The van der Waals surface area contributed by atoms with Crippen LogP contribution in [-0.2, 0) is 6.54 Å². The first-order valence-corrected chi connectivity index (χ1v) is 9.56. The number of benzene rings is 1. The van der Waals surface area contributed by atoms with Crippen LogP contribution >= 0.6 is 23.2 Å². The number of likely N-dealkylation sites (N-methyl/N-ethyl adjacent to an activating group) is 1. The van der Waals surface area contributed by atoms with E-state index in [0.717, 1.165) is 12.2 Å². The zero-order valence-corrected chi connectivity index (χ0v) is 17.4. The van der Waals surface area contributed by atoms with Crippen molar-refractivity contribution in [3.8, 4) is 11.8 Å². The molecule has 8 heteroatoms. The smallest absolute Gasteiger partial charge is 0.258 e. The highest BCUT2D eigenvalue weighted by atomic mass is 35.5. The first-order valence-electron chi connectivity index (χ1n) is 8.81. The van der Waals surface area contributed by atoms with Crippen LogP contribution in [0.25, 0.3) is 0 Å². The van der Waals surface area contributed by atoms with E-state index in [-0.39, 0.29) is 17.0 Å². The zero-order chi connectivity index (χ0) is 20.6. The first-order chi connectivity index (χ1) is 13.3. The van der Waals surface area contributed by atoms with E-state index < -0.39 is 5.92 Å². The van der Waals surface area contributed by atoms with Crippen molar-refractivity contribution in [2.45, 2.75) is 19.4 Å². The van der Waals surface area contributed by atoms with Crippen LogP contribution in [0.2, 0.25) is 10.0 Å². The number of ether oxygens (including phenoxy) is 1. The first kappa shape index (κ1) is 20.3. The van der Waals surface area contributed by atoms with Gasteiger partial charge in [0.15, 0.2) is 0 Å². The van der Waals surface area contributed by atoms with Gasteiger partial charge in [0.2, 0.25) is 5.88 Å². The van der Waals surface area contributed by atoms with Gasteiger partial charge in [0, 0.05) is 27.4 Å². The number of aromatic nitrogens is 1. The molecular formula is C20H21Cl2N4O2+. The Bertz CT molecular complexity index is 1050. The maximum Gasteiger partial charge on any atom is 0.258 e. The average Bonchev–Trinajstić information content (AvgIpc) is 2.60. The van der Waals surface area contributed by atoms with Gasteiger partial charge in [-0.3, -0.25) is 4.79 Å². The number of halogens is 2. The lowest BCUT2D eigenvalue weighted by atomic mass is 9.84. The SMILES string of the molecule is Cc1cc2c(c(=O)n1CC[NH+](C)C)[C@@H](c1c(Cl)cccc1Cl)C(C#N)=C(N)O2. The van der Waals surface area contributed by atoms with Crippen LogP contribution in [0.3, 0.4) is 0 Å². The highest BCUT2D eigenvalue weighted by Crippen LogP contribution is 2.45. The van der Waals surface area contributed by atoms with Crippen LogP contribution in [-0.4, -0.2) is 25.2 Å². The number of hydrogen-bond donors (Lipinski definition) is 2. The average molecular weight is 420 g/mol. The van der Waals surface area contributed by atoms with Gasteiger partial charge in [-0.25, -0.2) is 0 Å². The number of pyridine rings is 1. The summed E-state index contributed by atoms with van der Waals surface area (Å²) >= 11 is 12.8. The Labute approximate surface area is 173 Å². The van der Waals surface area contributed by atoms with Crippen molar-refractivity contribution >= 4 is 23.2 Å². The van der Waals surface area contributed by atoms with Crippen LogP contribution in [0.5, 0.6) is 5.75 Å². The summed E-state index contributed by atoms with van der Waals surface area (Å²) < 4.78 is 7.32. The molecule has 6 nitrogen and oxygen atoms in total. The normalized spacial score (nSPS) is 16.0.